The third-order valence-electron chi connectivity index (χ3n) is 4.29. The van der Waals surface area contributed by atoms with E-state index in [0.717, 1.165) is 5.46 Å². The van der Waals surface area contributed by atoms with E-state index in [1.807, 2.05) is 12.1 Å². The fourth-order valence-electron chi connectivity index (χ4n) is 2.39. The molecule has 1 aliphatic rings. The van der Waals surface area contributed by atoms with Crippen molar-refractivity contribution in [2.75, 3.05) is 7.11 Å². The van der Waals surface area contributed by atoms with Crippen LogP contribution < -0.4 is 10.2 Å². The minimum atomic E-state index is -0.374. The smallest absolute Gasteiger partial charge is 0.481 e. The van der Waals surface area contributed by atoms with Crippen LogP contribution in [-0.2, 0) is 9.31 Å². The Bertz CT molecular complexity index is 447. The molecule has 0 aliphatic carbocycles. The van der Waals surface area contributed by atoms with Crippen LogP contribution in [0.2, 0.25) is 0 Å². The molecular weight excluding hydrogens is 241 g/mol. The molecule has 104 valence electrons. The summed E-state index contributed by atoms with van der Waals surface area (Å²) in [5.41, 5.74) is 0.252. The molecule has 2 heterocycles. The molecule has 0 radical (unpaired) electrons. The van der Waals surface area contributed by atoms with Gasteiger partial charge in [-0.05, 0) is 32.8 Å². The van der Waals surface area contributed by atoms with Crippen LogP contribution in [0.25, 0.3) is 0 Å². The van der Waals surface area contributed by atoms with Gasteiger partial charge in [0.1, 0.15) is 0 Å². The van der Waals surface area contributed by atoms with Gasteiger partial charge in [-0.15, -0.1) is 0 Å². The molecule has 2 rings (SSSR count). The summed E-state index contributed by atoms with van der Waals surface area (Å²) in [4.78, 5) is 4.20. The summed E-state index contributed by atoms with van der Waals surface area (Å²) in [7, 11) is 1.23. The molecule has 1 unspecified atom stereocenters. The number of rotatable bonds is 3. The SMILES string of the molecule is COc1ccc(B2OC(C)(C)C(C)(C(C)C)O2)cn1. The molecule has 0 saturated carbocycles. The summed E-state index contributed by atoms with van der Waals surface area (Å²) >= 11 is 0. The first-order valence-electron chi connectivity index (χ1n) is 6.66. The molecule has 5 heteroatoms. The highest BCUT2D eigenvalue weighted by Crippen LogP contribution is 2.42. The molecule has 0 aromatic carbocycles. The Morgan fingerprint density at radius 3 is 2.32 bits per heavy atom. The molecule has 1 atom stereocenters. The summed E-state index contributed by atoms with van der Waals surface area (Å²) in [6, 6.07) is 3.75. The zero-order valence-electron chi connectivity index (χ0n) is 12.6. The molecule has 1 saturated heterocycles. The number of aromatic nitrogens is 1. The van der Waals surface area contributed by atoms with E-state index in [4.69, 9.17) is 14.0 Å². The molecular formula is C14H22BNO3. The van der Waals surface area contributed by atoms with E-state index in [1.165, 1.54) is 0 Å². The standard InChI is InChI=1S/C14H22BNO3/c1-10(2)14(5)13(3,4)18-15(19-14)11-7-8-12(17-6)16-9-11/h7-10H,1-6H3. The van der Waals surface area contributed by atoms with Crippen LogP contribution in [0.3, 0.4) is 0 Å². The van der Waals surface area contributed by atoms with Crippen LogP contribution in [0.4, 0.5) is 0 Å². The average molecular weight is 263 g/mol. The van der Waals surface area contributed by atoms with Gasteiger partial charge in [-0.2, -0.15) is 0 Å². The fraction of sp³-hybridized carbons (Fsp3) is 0.643. The lowest BCUT2D eigenvalue weighted by Crippen LogP contribution is -2.48. The second-order valence-electron chi connectivity index (χ2n) is 5.97. The Morgan fingerprint density at radius 1 is 1.21 bits per heavy atom. The van der Waals surface area contributed by atoms with Crippen molar-refractivity contribution < 1.29 is 14.0 Å². The minimum absolute atomic E-state index is 0.322. The van der Waals surface area contributed by atoms with E-state index in [9.17, 15) is 0 Å². The van der Waals surface area contributed by atoms with Crippen molar-refractivity contribution in [3.8, 4) is 5.88 Å². The van der Waals surface area contributed by atoms with Gasteiger partial charge in [-0.1, -0.05) is 19.9 Å². The topological polar surface area (TPSA) is 40.6 Å². The maximum atomic E-state index is 6.18. The maximum absolute atomic E-state index is 6.18. The van der Waals surface area contributed by atoms with E-state index in [0.29, 0.717) is 11.8 Å². The lowest BCUT2D eigenvalue weighted by atomic mass is 9.78. The van der Waals surface area contributed by atoms with Crippen molar-refractivity contribution in [2.45, 2.75) is 45.8 Å². The molecule has 1 fully saturated rings. The van der Waals surface area contributed by atoms with Gasteiger partial charge in [-0.25, -0.2) is 4.98 Å². The molecule has 0 bridgehead atoms. The van der Waals surface area contributed by atoms with Crippen molar-refractivity contribution in [3.05, 3.63) is 18.3 Å². The van der Waals surface area contributed by atoms with Gasteiger partial charge in [0, 0.05) is 11.7 Å². The van der Waals surface area contributed by atoms with Gasteiger partial charge in [0.05, 0.1) is 18.3 Å². The van der Waals surface area contributed by atoms with Gasteiger partial charge in [-0.3, -0.25) is 0 Å². The molecule has 19 heavy (non-hydrogen) atoms. The lowest BCUT2D eigenvalue weighted by molar-refractivity contribution is -0.0435. The number of nitrogens with zero attached hydrogens (tertiary/aromatic N) is 1. The van der Waals surface area contributed by atoms with E-state index in [1.54, 1.807) is 13.3 Å². The maximum Gasteiger partial charge on any atom is 0.496 e. The first-order chi connectivity index (χ1) is 8.80. The van der Waals surface area contributed by atoms with Gasteiger partial charge < -0.3 is 14.0 Å². The Morgan fingerprint density at radius 2 is 1.89 bits per heavy atom. The molecule has 1 aliphatic heterocycles. The summed E-state index contributed by atoms with van der Waals surface area (Å²) in [6.45, 7) is 10.6. The zero-order valence-corrected chi connectivity index (χ0v) is 12.6. The number of ether oxygens (including phenoxy) is 1. The van der Waals surface area contributed by atoms with Gasteiger partial charge in [0.15, 0.2) is 0 Å². The molecule has 1 aromatic rings. The van der Waals surface area contributed by atoms with Gasteiger partial charge in [0.25, 0.3) is 0 Å². The second kappa shape index (κ2) is 4.80. The van der Waals surface area contributed by atoms with Crippen LogP contribution in [0.1, 0.15) is 34.6 Å². The van der Waals surface area contributed by atoms with Crippen LogP contribution in [0, 0.1) is 5.92 Å². The van der Waals surface area contributed by atoms with Crippen LogP contribution in [0.15, 0.2) is 18.3 Å². The minimum Gasteiger partial charge on any atom is -0.481 e. The van der Waals surface area contributed by atoms with E-state index in [2.05, 4.69) is 39.6 Å². The van der Waals surface area contributed by atoms with E-state index >= 15 is 0 Å². The third-order valence-corrected chi connectivity index (χ3v) is 4.29. The van der Waals surface area contributed by atoms with Crippen molar-refractivity contribution in [3.63, 3.8) is 0 Å². The zero-order chi connectivity index (χ0) is 14.3. The lowest BCUT2D eigenvalue weighted by Gasteiger charge is -2.39. The Hall–Kier alpha value is -1.07. The number of hydrogen-bond donors (Lipinski definition) is 0. The molecule has 1 aromatic heterocycles. The third kappa shape index (κ3) is 2.37. The van der Waals surface area contributed by atoms with E-state index in [-0.39, 0.29) is 18.3 Å². The van der Waals surface area contributed by atoms with Crippen molar-refractivity contribution in [2.24, 2.45) is 5.92 Å². The molecule has 4 nitrogen and oxygen atoms in total. The summed E-state index contributed by atoms with van der Waals surface area (Å²) < 4.78 is 17.3. The highest BCUT2D eigenvalue weighted by atomic mass is 16.7. The Balaban J connectivity index is 2.24. The molecule has 0 N–H and O–H groups in total. The summed E-state index contributed by atoms with van der Waals surface area (Å²) in [5.74, 6) is 0.950. The van der Waals surface area contributed by atoms with Gasteiger partial charge in [0.2, 0.25) is 5.88 Å². The van der Waals surface area contributed by atoms with Crippen LogP contribution in [0.5, 0.6) is 5.88 Å². The van der Waals surface area contributed by atoms with Crippen molar-refractivity contribution in [1.29, 1.82) is 0 Å². The Labute approximate surface area is 115 Å². The quantitative estimate of drug-likeness (QED) is 0.782. The fourth-order valence-corrected chi connectivity index (χ4v) is 2.39. The molecule has 0 spiro atoms. The highest BCUT2D eigenvalue weighted by Gasteiger charge is 2.56. The predicted octanol–water partition coefficient (Wildman–Crippen LogP) is 2.03. The van der Waals surface area contributed by atoms with Crippen molar-refractivity contribution in [1.82, 2.24) is 4.98 Å². The number of hydrogen-bond acceptors (Lipinski definition) is 4. The molecule has 0 amide bonds. The van der Waals surface area contributed by atoms with Crippen LogP contribution in [-0.4, -0.2) is 30.4 Å². The predicted molar refractivity (Wildman–Crippen MR) is 75.7 cm³/mol. The number of methoxy groups -OCH3 is 1. The largest absolute Gasteiger partial charge is 0.496 e. The van der Waals surface area contributed by atoms with Crippen molar-refractivity contribution >= 4 is 12.6 Å². The Kier molecular flexibility index (Phi) is 3.62. The average Bonchev–Trinajstić information content (AvgIpc) is 2.62. The normalized spacial score (nSPS) is 25.9. The monoisotopic (exact) mass is 263 g/mol. The van der Waals surface area contributed by atoms with Crippen LogP contribution >= 0.6 is 0 Å². The first-order valence-corrected chi connectivity index (χ1v) is 6.66. The first kappa shape index (κ1) is 14.3. The second-order valence-corrected chi connectivity index (χ2v) is 5.97. The summed E-state index contributed by atoms with van der Waals surface area (Å²) in [5, 5.41) is 0. The van der Waals surface area contributed by atoms with Gasteiger partial charge >= 0.3 is 7.12 Å². The van der Waals surface area contributed by atoms with E-state index < -0.39 is 0 Å². The number of pyridine rings is 1. The summed E-state index contributed by atoms with van der Waals surface area (Å²) in [6.07, 6.45) is 1.74. The highest BCUT2D eigenvalue weighted by molar-refractivity contribution is 6.62.